The minimum Gasteiger partial charge on any atom is -0.393 e. The molecule has 0 radical (unpaired) electrons. The van der Waals surface area contributed by atoms with Crippen LogP contribution in [-0.2, 0) is 8.85 Å². The summed E-state index contributed by atoms with van der Waals surface area (Å²) in [6.07, 6.45) is 1.17. The molecule has 0 bridgehead atoms. The van der Waals surface area contributed by atoms with Gasteiger partial charge in [0, 0.05) is 5.92 Å². The molecular formula is C17H40O2Si2. The number of hydrogen-bond acceptors (Lipinski definition) is 2. The van der Waals surface area contributed by atoms with Gasteiger partial charge in [0.05, 0.1) is 0 Å². The van der Waals surface area contributed by atoms with Gasteiger partial charge in [-0.25, -0.2) is 0 Å². The highest BCUT2D eigenvalue weighted by atomic mass is 28.4. The lowest BCUT2D eigenvalue weighted by Gasteiger charge is -2.41. The van der Waals surface area contributed by atoms with Crippen LogP contribution in [0.3, 0.4) is 0 Å². The van der Waals surface area contributed by atoms with Crippen molar-refractivity contribution in [3.05, 3.63) is 0 Å². The summed E-state index contributed by atoms with van der Waals surface area (Å²) in [5, 5.41) is 0. The van der Waals surface area contributed by atoms with E-state index in [1.165, 1.54) is 36.3 Å². The van der Waals surface area contributed by atoms with Crippen LogP contribution in [0.5, 0.6) is 0 Å². The summed E-state index contributed by atoms with van der Waals surface area (Å²) in [7, 11) is -3.20. The Hall–Kier alpha value is 0.354. The van der Waals surface area contributed by atoms with Crippen LogP contribution < -0.4 is 0 Å². The van der Waals surface area contributed by atoms with Crippen LogP contribution in [0.25, 0.3) is 0 Å². The van der Waals surface area contributed by atoms with E-state index < -0.39 is 16.6 Å². The van der Waals surface area contributed by atoms with E-state index in [9.17, 15) is 0 Å². The lowest BCUT2D eigenvalue weighted by molar-refractivity contribution is -0.0538. The van der Waals surface area contributed by atoms with Crippen molar-refractivity contribution in [3.8, 4) is 0 Å². The highest BCUT2D eigenvalue weighted by molar-refractivity contribution is 6.74. The van der Waals surface area contributed by atoms with Crippen LogP contribution in [0, 0.1) is 5.92 Å². The minimum atomic E-state index is -1.60. The second-order valence-corrected chi connectivity index (χ2v) is 15.9. The van der Waals surface area contributed by atoms with E-state index in [2.05, 4.69) is 55.4 Å². The van der Waals surface area contributed by atoms with Crippen LogP contribution in [-0.4, -0.2) is 22.9 Å². The Morgan fingerprint density at radius 3 is 1.10 bits per heavy atom. The molecule has 0 N–H and O–H groups in total. The van der Waals surface area contributed by atoms with Crippen molar-refractivity contribution in [2.75, 3.05) is 0 Å². The molecule has 0 amide bonds. The Kier molecular flexibility index (Phi) is 10.4. The molecule has 1 atom stereocenters. The topological polar surface area (TPSA) is 18.5 Å². The van der Waals surface area contributed by atoms with Crippen molar-refractivity contribution in [3.63, 3.8) is 0 Å². The van der Waals surface area contributed by atoms with Crippen molar-refractivity contribution in [2.24, 2.45) is 5.92 Å². The number of rotatable bonds is 12. The fourth-order valence-corrected chi connectivity index (χ4v) is 8.58. The first-order valence-corrected chi connectivity index (χ1v) is 14.3. The third-order valence-electron chi connectivity index (χ3n) is 5.71. The summed E-state index contributed by atoms with van der Waals surface area (Å²) in [6.45, 7) is 18.4. The maximum Gasteiger partial charge on any atom is 0.195 e. The molecule has 0 aromatic rings. The van der Waals surface area contributed by atoms with Gasteiger partial charge in [0.15, 0.2) is 16.6 Å². The highest BCUT2D eigenvalue weighted by Gasteiger charge is 2.39. The van der Waals surface area contributed by atoms with E-state index in [0.29, 0.717) is 5.92 Å². The zero-order valence-electron chi connectivity index (χ0n) is 15.9. The van der Waals surface area contributed by atoms with Crippen molar-refractivity contribution in [1.82, 2.24) is 0 Å². The van der Waals surface area contributed by atoms with Gasteiger partial charge in [-0.1, -0.05) is 55.4 Å². The van der Waals surface area contributed by atoms with Gasteiger partial charge < -0.3 is 8.85 Å². The molecule has 0 saturated heterocycles. The SMILES string of the molecule is CCC(C)C(O[Si](CC)(CC)CC)O[Si](CC)(CC)CC. The zero-order valence-corrected chi connectivity index (χ0v) is 17.9. The minimum absolute atomic E-state index is 0.0352. The average molecular weight is 333 g/mol. The monoisotopic (exact) mass is 332 g/mol. The molecule has 21 heavy (non-hydrogen) atoms. The first-order valence-electron chi connectivity index (χ1n) is 9.27. The van der Waals surface area contributed by atoms with Crippen molar-refractivity contribution >= 4 is 16.6 Å². The Morgan fingerprint density at radius 2 is 0.905 bits per heavy atom. The van der Waals surface area contributed by atoms with Crippen LogP contribution in [0.15, 0.2) is 0 Å². The Morgan fingerprint density at radius 1 is 0.619 bits per heavy atom. The van der Waals surface area contributed by atoms with Crippen molar-refractivity contribution in [1.29, 1.82) is 0 Å². The molecule has 0 spiro atoms. The third-order valence-corrected chi connectivity index (χ3v) is 14.9. The molecule has 0 heterocycles. The largest absolute Gasteiger partial charge is 0.393 e. The van der Waals surface area contributed by atoms with Gasteiger partial charge >= 0.3 is 0 Å². The standard InChI is InChI=1S/C17H40O2Si2/c1-9-16(8)17(18-20(10-2,11-3)12-4)19-21(13-5,14-6)15-7/h16-17H,9-15H2,1-8H3. The molecule has 1 unspecified atom stereocenters. The first kappa shape index (κ1) is 21.4. The molecule has 0 saturated carbocycles. The van der Waals surface area contributed by atoms with Gasteiger partial charge in [-0.15, -0.1) is 0 Å². The normalized spacial score (nSPS) is 14.7. The molecule has 0 aliphatic rings. The molecule has 0 aliphatic carbocycles. The second kappa shape index (κ2) is 10.2. The second-order valence-electron chi connectivity index (χ2n) is 6.48. The molecule has 128 valence electrons. The molecule has 4 heteroatoms. The molecule has 0 fully saturated rings. The van der Waals surface area contributed by atoms with E-state index in [-0.39, 0.29) is 6.29 Å². The van der Waals surface area contributed by atoms with Gasteiger partial charge in [0.2, 0.25) is 0 Å². The van der Waals surface area contributed by atoms with Crippen LogP contribution in [0.4, 0.5) is 0 Å². The van der Waals surface area contributed by atoms with Gasteiger partial charge in [-0.05, 0) is 42.7 Å². The molecule has 0 aromatic carbocycles. The van der Waals surface area contributed by atoms with Crippen LogP contribution in [0.1, 0.15) is 61.8 Å². The summed E-state index contributed by atoms with van der Waals surface area (Å²) in [5.41, 5.74) is 0. The van der Waals surface area contributed by atoms with Gasteiger partial charge in [0.25, 0.3) is 0 Å². The predicted molar refractivity (Wildman–Crippen MR) is 99.8 cm³/mol. The molecular weight excluding hydrogens is 292 g/mol. The van der Waals surface area contributed by atoms with E-state index >= 15 is 0 Å². The van der Waals surface area contributed by atoms with Crippen molar-refractivity contribution in [2.45, 2.75) is 104 Å². The summed E-state index contributed by atoms with van der Waals surface area (Å²) >= 11 is 0. The molecule has 0 rings (SSSR count). The lowest BCUT2D eigenvalue weighted by atomic mass is 10.1. The van der Waals surface area contributed by atoms with E-state index in [0.717, 1.165) is 6.42 Å². The summed E-state index contributed by atoms with van der Waals surface area (Å²) in [5.74, 6) is 0.498. The maximum absolute atomic E-state index is 6.75. The van der Waals surface area contributed by atoms with Crippen molar-refractivity contribution < 1.29 is 8.85 Å². The Balaban J connectivity index is 5.21. The quantitative estimate of drug-likeness (QED) is 0.304. The fourth-order valence-electron chi connectivity index (χ4n) is 2.94. The Bertz CT molecular complexity index is 225. The van der Waals surface area contributed by atoms with Gasteiger partial charge in [0.1, 0.15) is 6.29 Å². The van der Waals surface area contributed by atoms with E-state index in [1.54, 1.807) is 0 Å². The average Bonchev–Trinajstić information content (AvgIpc) is 2.55. The lowest BCUT2D eigenvalue weighted by Crippen LogP contribution is -2.49. The molecule has 0 aromatic heterocycles. The van der Waals surface area contributed by atoms with Crippen LogP contribution in [0.2, 0.25) is 36.3 Å². The number of hydrogen-bond donors (Lipinski definition) is 0. The van der Waals surface area contributed by atoms with E-state index in [1.807, 2.05) is 0 Å². The fraction of sp³-hybridized carbons (Fsp3) is 1.00. The maximum atomic E-state index is 6.75. The summed E-state index contributed by atoms with van der Waals surface area (Å²) in [6, 6.07) is 7.22. The smallest absolute Gasteiger partial charge is 0.195 e. The predicted octanol–water partition coefficient (Wildman–Crippen LogP) is 6.40. The van der Waals surface area contributed by atoms with E-state index in [4.69, 9.17) is 8.85 Å². The van der Waals surface area contributed by atoms with Crippen LogP contribution >= 0.6 is 0 Å². The summed E-state index contributed by atoms with van der Waals surface area (Å²) in [4.78, 5) is 0. The first-order chi connectivity index (χ1) is 9.91. The molecule has 0 aliphatic heterocycles. The zero-order chi connectivity index (χ0) is 16.5. The van der Waals surface area contributed by atoms with Gasteiger partial charge in [-0.3, -0.25) is 0 Å². The third kappa shape index (κ3) is 5.81. The Labute approximate surface area is 136 Å². The highest BCUT2D eigenvalue weighted by Crippen LogP contribution is 2.32. The summed E-state index contributed by atoms with van der Waals surface area (Å²) < 4.78 is 13.5. The molecule has 2 nitrogen and oxygen atoms in total. The van der Waals surface area contributed by atoms with Gasteiger partial charge in [-0.2, -0.15) is 0 Å².